The first-order valence-electron chi connectivity index (χ1n) is 5.24. The summed E-state index contributed by atoms with van der Waals surface area (Å²) in [5.74, 6) is 0.747. The lowest BCUT2D eigenvalue weighted by molar-refractivity contribution is 0.415. The van der Waals surface area contributed by atoms with Crippen molar-refractivity contribution < 1.29 is 4.74 Å². The van der Waals surface area contributed by atoms with Crippen molar-refractivity contribution in [2.45, 2.75) is 0 Å². The average Bonchev–Trinajstić information content (AvgIpc) is 2.39. The highest BCUT2D eigenvalue weighted by Crippen LogP contribution is 2.23. The van der Waals surface area contributed by atoms with E-state index >= 15 is 0 Å². The zero-order chi connectivity index (χ0) is 11.8. The van der Waals surface area contributed by atoms with Gasteiger partial charge in [-0.25, -0.2) is 0 Å². The Hall–Kier alpha value is -2.36. The molecule has 0 aliphatic rings. The first-order chi connectivity index (χ1) is 8.29. The summed E-state index contributed by atoms with van der Waals surface area (Å²) in [5, 5.41) is 1.48. The van der Waals surface area contributed by atoms with Gasteiger partial charge in [0.1, 0.15) is 5.75 Å². The molecule has 0 spiro atoms. The van der Waals surface area contributed by atoms with Crippen LogP contribution < -0.4 is 10.3 Å². The molecule has 3 aromatic rings. The number of fused-ring (bicyclic) bond motifs is 3. The van der Waals surface area contributed by atoms with Crippen LogP contribution in [-0.2, 0) is 0 Å². The maximum absolute atomic E-state index is 11.8. The summed E-state index contributed by atoms with van der Waals surface area (Å²) in [7, 11) is 1.61. The Morgan fingerprint density at radius 1 is 1.24 bits per heavy atom. The van der Waals surface area contributed by atoms with Crippen LogP contribution in [0.1, 0.15) is 0 Å². The van der Waals surface area contributed by atoms with Crippen LogP contribution in [0.3, 0.4) is 0 Å². The minimum atomic E-state index is -0.120. The Labute approximate surface area is 96.9 Å². The van der Waals surface area contributed by atoms with E-state index in [2.05, 4.69) is 9.97 Å². The number of nitrogens with one attached hydrogen (secondary N) is 1. The van der Waals surface area contributed by atoms with Gasteiger partial charge in [-0.1, -0.05) is 0 Å². The number of hydrogen-bond acceptors (Lipinski definition) is 3. The summed E-state index contributed by atoms with van der Waals surface area (Å²) in [5.41, 5.74) is 1.35. The number of ether oxygens (including phenoxy) is 1. The summed E-state index contributed by atoms with van der Waals surface area (Å²) in [6.45, 7) is 0. The summed E-state index contributed by atoms with van der Waals surface area (Å²) in [6, 6.07) is 9.03. The van der Waals surface area contributed by atoms with Crippen LogP contribution >= 0.6 is 0 Å². The SMILES string of the molecule is COc1ccc2[nH]c(=O)c3cccnc3c2c1. The largest absolute Gasteiger partial charge is 0.497 e. The molecular formula is C13H10N2O2. The Morgan fingerprint density at radius 2 is 2.12 bits per heavy atom. The number of rotatable bonds is 1. The maximum atomic E-state index is 11.8. The van der Waals surface area contributed by atoms with Crippen LogP contribution in [0.15, 0.2) is 41.3 Å². The van der Waals surface area contributed by atoms with Gasteiger partial charge in [0.05, 0.1) is 23.5 Å². The van der Waals surface area contributed by atoms with Crippen molar-refractivity contribution in [1.29, 1.82) is 0 Å². The molecule has 4 heteroatoms. The number of benzene rings is 1. The quantitative estimate of drug-likeness (QED) is 0.646. The van der Waals surface area contributed by atoms with Crippen LogP contribution in [-0.4, -0.2) is 17.1 Å². The molecule has 1 aromatic carbocycles. The highest BCUT2D eigenvalue weighted by molar-refractivity contribution is 6.03. The second-order valence-electron chi connectivity index (χ2n) is 3.77. The summed E-state index contributed by atoms with van der Waals surface area (Å²) in [4.78, 5) is 18.9. The molecule has 0 bridgehead atoms. The third kappa shape index (κ3) is 1.45. The highest BCUT2D eigenvalue weighted by atomic mass is 16.5. The van der Waals surface area contributed by atoms with E-state index in [4.69, 9.17) is 4.74 Å². The van der Waals surface area contributed by atoms with Gasteiger partial charge in [-0.3, -0.25) is 9.78 Å². The van der Waals surface area contributed by atoms with Crippen LogP contribution in [0.5, 0.6) is 5.75 Å². The fourth-order valence-corrected chi connectivity index (χ4v) is 1.95. The lowest BCUT2D eigenvalue weighted by Gasteiger charge is -2.04. The molecule has 0 fully saturated rings. The van der Waals surface area contributed by atoms with Gasteiger partial charge in [0.2, 0.25) is 0 Å². The van der Waals surface area contributed by atoms with E-state index in [1.807, 2.05) is 18.2 Å². The maximum Gasteiger partial charge on any atom is 0.257 e. The Kier molecular flexibility index (Phi) is 2.08. The summed E-state index contributed by atoms with van der Waals surface area (Å²) in [6.07, 6.45) is 1.68. The molecule has 0 amide bonds. The second kappa shape index (κ2) is 3.59. The number of aromatic nitrogens is 2. The van der Waals surface area contributed by atoms with Gasteiger partial charge in [-0.15, -0.1) is 0 Å². The first kappa shape index (κ1) is 9.84. The number of pyridine rings is 2. The van der Waals surface area contributed by atoms with E-state index in [1.165, 1.54) is 0 Å². The fourth-order valence-electron chi connectivity index (χ4n) is 1.95. The zero-order valence-corrected chi connectivity index (χ0v) is 9.23. The Bertz CT molecular complexity index is 762. The van der Waals surface area contributed by atoms with Crippen LogP contribution in [0.2, 0.25) is 0 Å². The van der Waals surface area contributed by atoms with Gasteiger partial charge < -0.3 is 9.72 Å². The molecule has 0 atom stereocenters. The highest BCUT2D eigenvalue weighted by Gasteiger charge is 2.06. The lowest BCUT2D eigenvalue weighted by atomic mass is 10.1. The molecule has 0 aliphatic carbocycles. The molecule has 3 rings (SSSR count). The van der Waals surface area contributed by atoms with Crippen molar-refractivity contribution in [3.8, 4) is 5.75 Å². The van der Waals surface area contributed by atoms with Gasteiger partial charge in [0.15, 0.2) is 0 Å². The predicted octanol–water partition coefficient (Wildman–Crippen LogP) is 2.08. The number of hydrogen-bond donors (Lipinski definition) is 1. The van der Waals surface area contributed by atoms with Crippen LogP contribution in [0.4, 0.5) is 0 Å². The van der Waals surface area contributed by atoms with E-state index in [-0.39, 0.29) is 5.56 Å². The molecule has 2 aromatic heterocycles. The third-order valence-corrected chi connectivity index (χ3v) is 2.78. The molecule has 0 radical (unpaired) electrons. The minimum absolute atomic E-state index is 0.120. The smallest absolute Gasteiger partial charge is 0.257 e. The number of methoxy groups -OCH3 is 1. The van der Waals surface area contributed by atoms with Crippen molar-refractivity contribution >= 4 is 21.8 Å². The predicted molar refractivity (Wildman–Crippen MR) is 66.4 cm³/mol. The van der Waals surface area contributed by atoms with Crippen molar-refractivity contribution in [1.82, 2.24) is 9.97 Å². The Morgan fingerprint density at radius 3 is 2.94 bits per heavy atom. The van der Waals surface area contributed by atoms with Crippen LogP contribution in [0.25, 0.3) is 21.8 Å². The van der Waals surface area contributed by atoms with E-state index in [0.29, 0.717) is 10.9 Å². The van der Waals surface area contributed by atoms with Crippen molar-refractivity contribution in [2.24, 2.45) is 0 Å². The summed E-state index contributed by atoms with van der Waals surface area (Å²) < 4.78 is 5.18. The van der Waals surface area contributed by atoms with E-state index in [0.717, 1.165) is 16.7 Å². The van der Waals surface area contributed by atoms with Crippen molar-refractivity contribution in [3.63, 3.8) is 0 Å². The normalized spacial score (nSPS) is 10.9. The molecule has 1 N–H and O–H groups in total. The number of H-pyrrole nitrogens is 1. The molecule has 0 aliphatic heterocycles. The molecule has 0 saturated carbocycles. The van der Waals surface area contributed by atoms with Gasteiger partial charge >= 0.3 is 0 Å². The number of nitrogens with zero attached hydrogens (tertiary/aromatic N) is 1. The van der Waals surface area contributed by atoms with Crippen molar-refractivity contribution in [3.05, 3.63) is 46.9 Å². The van der Waals surface area contributed by atoms with Gasteiger partial charge in [-0.2, -0.15) is 0 Å². The zero-order valence-electron chi connectivity index (χ0n) is 9.23. The van der Waals surface area contributed by atoms with E-state index in [1.54, 1.807) is 25.4 Å². The van der Waals surface area contributed by atoms with E-state index in [9.17, 15) is 4.79 Å². The van der Waals surface area contributed by atoms with Crippen LogP contribution in [0, 0.1) is 0 Å². The minimum Gasteiger partial charge on any atom is -0.497 e. The van der Waals surface area contributed by atoms with Crippen molar-refractivity contribution in [2.75, 3.05) is 7.11 Å². The monoisotopic (exact) mass is 226 g/mol. The topological polar surface area (TPSA) is 55.0 Å². The molecule has 0 unspecified atom stereocenters. The van der Waals surface area contributed by atoms with Gasteiger partial charge in [-0.05, 0) is 30.3 Å². The standard InChI is InChI=1S/C13H10N2O2/c1-17-8-4-5-11-10(7-8)12-9(13(16)15-11)3-2-6-14-12/h2-7H,1H3,(H,15,16). The molecule has 84 valence electrons. The molecule has 17 heavy (non-hydrogen) atoms. The summed E-state index contributed by atoms with van der Waals surface area (Å²) >= 11 is 0. The van der Waals surface area contributed by atoms with Gasteiger partial charge in [0.25, 0.3) is 5.56 Å². The molecular weight excluding hydrogens is 216 g/mol. The first-order valence-corrected chi connectivity index (χ1v) is 5.24. The second-order valence-corrected chi connectivity index (χ2v) is 3.77. The molecule has 4 nitrogen and oxygen atoms in total. The average molecular weight is 226 g/mol. The van der Waals surface area contributed by atoms with E-state index < -0.39 is 0 Å². The third-order valence-electron chi connectivity index (χ3n) is 2.78. The Balaban J connectivity index is 2.56. The molecule has 2 heterocycles. The fraction of sp³-hybridized carbons (Fsp3) is 0.0769. The molecule has 0 saturated heterocycles. The number of aromatic amines is 1. The van der Waals surface area contributed by atoms with Gasteiger partial charge in [0, 0.05) is 11.6 Å². The lowest BCUT2D eigenvalue weighted by Crippen LogP contribution is -2.06.